The lowest BCUT2D eigenvalue weighted by atomic mass is 9.86. The molecule has 2 N–H and O–H groups in total. The third-order valence-corrected chi connectivity index (χ3v) is 4.24. The molecule has 0 aliphatic carbocycles. The second-order valence-electron chi connectivity index (χ2n) is 4.83. The van der Waals surface area contributed by atoms with Crippen molar-refractivity contribution in [3.63, 3.8) is 0 Å². The van der Waals surface area contributed by atoms with Crippen LogP contribution in [-0.4, -0.2) is 14.2 Å². The molecular weight excluding hydrogens is 294 g/mol. The van der Waals surface area contributed by atoms with E-state index in [1.54, 1.807) is 14.2 Å². The Morgan fingerprint density at radius 3 is 2.17 bits per heavy atom. The van der Waals surface area contributed by atoms with Gasteiger partial charge in [0.15, 0.2) is 0 Å². The van der Waals surface area contributed by atoms with E-state index < -0.39 is 0 Å². The van der Waals surface area contributed by atoms with Gasteiger partial charge >= 0.3 is 0 Å². The zero-order valence-corrected chi connectivity index (χ0v) is 13.2. The van der Waals surface area contributed by atoms with Crippen molar-refractivity contribution < 1.29 is 9.47 Å². The summed E-state index contributed by atoms with van der Waals surface area (Å²) in [6, 6.07) is 3.84. The Hall–Kier alpha value is -0.740. The van der Waals surface area contributed by atoms with E-state index >= 15 is 0 Å². The van der Waals surface area contributed by atoms with Crippen LogP contribution < -0.4 is 15.2 Å². The van der Waals surface area contributed by atoms with Crippen molar-refractivity contribution in [2.45, 2.75) is 26.8 Å². The highest BCUT2D eigenvalue weighted by atomic mass is 79.9. The molecule has 0 fully saturated rings. The molecule has 0 bridgehead atoms. The highest BCUT2D eigenvalue weighted by Crippen LogP contribution is 2.41. The summed E-state index contributed by atoms with van der Waals surface area (Å²) in [7, 11) is 3.28. The van der Waals surface area contributed by atoms with Gasteiger partial charge in [-0.1, -0.05) is 20.8 Å². The lowest BCUT2D eigenvalue weighted by molar-refractivity contribution is 0.334. The maximum Gasteiger partial charge on any atom is 0.141 e. The third-order valence-electron chi connectivity index (χ3n) is 3.49. The summed E-state index contributed by atoms with van der Waals surface area (Å²) in [5.41, 5.74) is 7.34. The van der Waals surface area contributed by atoms with Crippen LogP contribution in [0.15, 0.2) is 16.6 Å². The molecule has 102 valence electrons. The maximum absolute atomic E-state index is 6.33. The Labute approximate surface area is 118 Å². The largest absolute Gasteiger partial charge is 0.495 e. The van der Waals surface area contributed by atoms with E-state index in [0.717, 1.165) is 21.5 Å². The predicted octanol–water partition coefficient (Wildman–Crippen LogP) is 3.76. The monoisotopic (exact) mass is 315 g/mol. The Balaban J connectivity index is 3.20. The van der Waals surface area contributed by atoms with Crippen molar-refractivity contribution in [3.8, 4) is 11.5 Å². The number of hydrogen-bond acceptors (Lipinski definition) is 3. The van der Waals surface area contributed by atoms with E-state index in [1.807, 2.05) is 12.1 Å². The Morgan fingerprint density at radius 1 is 1.11 bits per heavy atom. The zero-order chi connectivity index (χ0) is 13.9. The minimum atomic E-state index is -0.0536. The highest BCUT2D eigenvalue weighted by molar-refractivity contribution is 9.10. The van der Waals surface area contributed by atoms with E-state index in [0.29, 0.717) is 11.8 Å². The van der Waals surface area contributed by atoms with Gasteiger partial charge in [-0.05, 0) is 39.9 Å². The van der Waals surface area contributed by atoms with Gasteiger partial charge in [-0.15, -0.1) is 0 Å². The minimum Gasteiger partial charge on any atom is -0.495 e. The molecule has 0 aromatic heterocycles. The van der Waals surface area contributed by atoms with Gasteiger partial charge in [0.05, 0.1) is 14.2 Å². The molecule has 0 aliphatic heterocycles. The Kier molecular flexibility index (Phi) is 5.47. The Morgan fingerprint density at radius 2 is 1.72 bits per heavy atom. The van der Waals surface area contributed by atoms with Gasteiger partial charge in [0.25, 0.3) is 0 Å². The molecule has 4 heteroatoms. The standard InChI is InChI=1S/C14H22BrNO2/c1-8(2)9(3)13(16)10-6-7-11(17-4)12(15)14(10)18-5/h6-9,13H,16H2,1-5H3. The first kappa shape index (κ1) is 15.3. The first-order valence-electron chi connectivity index (χ1n) is 6.10. The molecular formula is C14H22BrNO2. The van der Waals surface area contributed by atoms with Crippen LogP contribution in [0.4, 0.5) is 0 Å². The van der Waals surface area contributed by atoms with Crippen molar-refractivity contribution in [2.24, 2.45) is 17.6 Å². The smallest absolute Gasteiger partial charge is 0.141 e. The van der Waals surface area contributed by atoms with Crippen LogP contribution >= 0.6 is 15.9 Å². The number of hydrogen-bond donors (Lipinski definition) is 1. The maximum atomic E-state index is 6.33. The molecule has 0 saturated carbocycles. The van der Waals surface area contributed by atoms with Gasteiger partial charge in [0.2, 0.25) is 0 Å². The molecule has 1 aromatic rings. The van der Waals surface area contributed by atoms with E-state index in [2.05, 4.69) is 36.7 Å². The zero-order valence-electron chi connectivity index (χ0n) is 11.7. The van der Waals surface area contributed by atoms with Crippen LogP contribution in [0.5, 0.6) is 11.5 Å². The van der Waals surface area contributed by atoms with Crippen LogP contribution in [0.1, 0.15) is 32.4 Å². The summed E-state index contributed by atoms with van der Waals surface area (Å²) in [4.78, 5) is 0. The van der Waals surface area contributed by atoms with Crippen LogP contribution in [0.2, 0.25) is 0 Å². The summed E-state index contributed by atoms with van der Waals surface area (Å²) in [5, 5.41) is 0. The van der Waals surface area contributed by atoms with Crippen molar-refractivity contribution >= 4 is 15.9 Å². The summed E-state index contributed by atoms with van der Waals surface area (Å²) in [6.07, 6.45) is 0. The topological polar surface area (TPSA) is 44.5 Å². The van der Waals surface area contributed by atoms with Crippen molar-refractivity contribution in [2.75, 3.05) is 14.2 Å². The van der Waals surface area contributed by atoms with Gasteiger partial charge in [-0.2, -0.15) is 0 Å². The van der Waals surface area contributed by atoms with Crippen molar-refractivity contribution in [1.82, 2.24) is 0 Å². The molecule has 0 saturated heterocycles. The first-order chi connectivity index (χ1) is 8.43. The van der Waals surface area contributed by atoms with Crippen molar-refractivity contribution in [3.05, 3.63) is 22.2 Å². The van der Waals surface area contributed by atoms with Gasteiger partial charge in [0, 0.05) is 11.6 Å². The lowest BCUT2D eigenvalue weighted by Crippen LogP contribution is -2.23. The van der Waals surface area contributed by atoms with Gasteiger partial charge < -0.3 is 15.2 Å². The van der Waals surface area contributed by atoms with Crippen LogP contribution in [0.3, 0.4) is 0 Å². The molecule has 0 amide bonds. The molecule has 3 nitrogen and oxygen atoms in total. The van der Waals surface area contributed by atoms with Gasteiger partial charge in [0.1, 0.15) is 16.0 Å². The molecule has 0 heterocycles. The fraction of sp³-hybridized carbons (Fsp3) is 0.571. The normalized spacial score (nSPS) is 14.4. The van der Waals surface area contributed by atoms with Crippen LogP contribution in [-0.2, 0) is 0 Å². The molecule has 0 aliphatic rings. The summed E-state index contributed by atoms with van der Waals surface area (Å²) in [5.74, 6) is 2.40. The SMILES string of the molecule is COc1ccc(C(N)C(C)C(C)C)c(OC)c1Br. The van der Waals surface area contributed by atoms with Crippen LogP contribution in [0, 0.1) is 11.8 Å². The van der Waals surface area contributed by atoms with Crippen LogP contribution in [0.25, 0.3) is 0 Å². The number of benzene rings is 1. The molecule has 18 heavy (non-hydrogen) atoms. The minimum absolute atomic E-state index is 0.0536. The summed E-state index contributed by atoms with van der Waals surface area (Å²) in [6.45, 7) is 6.51. The average Bonchev–Trinajstić information content (AvgIpc) is 2.36. The molecule has 0 radical (unpaired) electrons. The van der Waals surface area contributed by atoms with Crippen molar-refractivity contribution in [1.29, 1.82) is 0 Å². The molecule has 1 aromatic carbocycles. The van der Waals surface area contributed by atoms with E-state index in [-0.39, 0.29) is 6.04 Å². The quantitative estimate of drug-likeness (QED) is 0.899. The van der Waals surface area contributed by atoms with E-state index in [4.69, 9.17) is 15.2 Å². The molecule has 2 unspecified atom stereocenters. The number of nitrogens with two attached hydrogens (primary N) is 1. The highest BCUT2D eigenvalue weighted by Gasteiger charge is 2.23. The molecule has 0 spiro atoms. The summed E-state index contributed by atoms with van der Waals surface area (Å²) >= 11 is 3.50. The molecule has 2 atom stereocenters. The fourth-order valence-electron chi connectivity index (χ4n) is 1.88. The number of methoxy groups -OCH3 is 2. The third kappa shape index (κ3) is 2.98. The second-order valence-corrected chi connectivity index (χ2v) is 5.63. The number of halogens is 1. The first-order valence-corrected chi connectivity index (χ1v) is 6.89. The Bertz CT molecular complexity index is 407. The van der Waals surface area contributed by atoms with E-state index in [1.165, 1.54) is 0 Å². The average molecular weight is 316 g/mol. The fourth-order valence-corrected chi connectivity index (χ4v) is 2.56. The molecule has 1 rings (SSSR count). The summed E-state index contributed by atoms with van der Waals surface area (Å²) < 4.78 is 11.5. The second kappa shape index (κ2) is 6.43. The predicted molar refractivity (Wildman–Crippen MR) is 78.2 cm³/mol. The number of rotatable bonds is 5. The lowest BCUT2D eigenvalue weighted by Gasteiger charge is -2.26. The number of ether oxygens (including phenoxy) is 2. The van der Waals surface area contributed by atoms with E-state index in [9.17, 15) is 0 Å². The van der Waals surface area contributed by atoms with Gasteiger partial charge in [-0.3, -0.25) is 0 Å². The van der Waals surface area contributed by atoms with Gasteiger partial charge in [-0.25, -0.2) is 0 Å².